The van der Waals surface area contributed by atoms with Crippen LogP contribution in [-0.4, -0.2) is 31.9 Å². The number of benzene rings is 1. The van der Waals surface area contributed by atoms with E-state index in [-0.39, 0.29) is 6.04 Å². The summed E-state index contributed by atoms with van der Waals surface area (Å²) in [4.78, 5) is 6.39. The third-order valence-electron chi connectivity index (χ3n) is 3.78. The highest BCUT2D eigenvalue weighted by Gasteiger charge is 2.16. The second-order valence-electron chi connectivity index (χ2n) is 5.38. The summed E-state index contributed by atoms with van der Waals surface area (Å²) in [7, 11) is 2.08. The summed E-state index contributed by atoms with van der Waals surface area (Å²) in [5, 5.41) is 8.54. The first-order chi connectivity index (χ1) is 10.7. The molecule has 2 aromatic heterocycles. The highest BCUT2D eigenvalue weighted by molar-refractivity contribution is 5.30. The number of pyridine rings is 1. The Bertz CT molecular complexity index is 708. The van der Waals surface area contributed by atoms with Crippen LogP contribution in [0.3, 0.4) is 0 Å². The Morgan fingerprint density at radius 3 is 2.68 bits per heavy atom. The van der Waals surface area contributed by atoms with E-state index in [1.54, 1.807) is 6.20 Å². The Kier molecular flexibility index (Phi) is 4.25. The van der Waals surface area contributed by atoms with Gasteiger partial charge < -0.3 is 0 Å². The van der Waals surface area contributed by atoms with Crippen molar-refractivity contribution in [2.24, 2.45) is 0 Å². The SMILES string of the molecule is CC(c1cn(-c2ccccc2)nn1)N(C)Cc1cccnc1. The minimum Gasteiger partial charge on any atom is -0.294 e. The lowest BCUT2D eigenvalue weighted by Gasteiger charge is -2.22. The number of nitrogens with zero attached hydrogens (tertiary/aromatic N) is 5. The van der Waals surface area contributed by atoms with Crippen LogP contribution < -0.4 is 0 Å². The molecule has 3 aromatic rings. The van der Waals surface area contributed by atoms with Crippen molar-refractivity contribution in [2.75, 3.05) is 7.05 Å². The van der Waals surface area contributed by atoms with E-state index in [1.807, 2.05) is 53.5 Å². The van der Waals surface area contributed by atoms with Crippen molar-refractivity contribution in [3.8, 4) is 5.69 Å². The highest BCUT2D eigenvalue weighted by atomic mass is 15.4. The smallest absolute Gasteiger partial charge is 0.1000 e. The van der Waals surface area contributed by atoms with Crippen molar-refractivity contribution in [1.29, 1.82) is 0 Å². The minimum absolute atomic E-state index is 0.178. The maximum absolute atomic E-state index is 4.31. The quantitative estimate of drug-likeness (QED) is 0.725. The molecule has 0 N–H and O–H groups in total. The van der Waals surface area contributed by atoms with Crippen molar-refractivity contribution in [3.63, 3.8) is 0 Å². The summed E-state index contributed by atoms with van der Waals surface area (Å²) in [6, 6.07) is 14.2. The summed E-state index contributed by atoms with van der Waals surface area (Å²) in [6.07, 6.45) is 5.67. The van der Waals surface area contributed by atoms with E-state index in [0.29, 0.717) is 0 Å². The van der Waals surface area contributed by atoms with Crippen LogP contribution in [0.25, 0.3) is 5.69 Å². The lowest BCUT2D eigenvalue weighted by Crippen LogP contribution is -2.22. The van der Waals surface area contributed by atoms with Crippen molar-refractivity contribution in [3.05, 3.63) is 72.3 Å². The average Bonchev–Trinajstić information content (AvgIpc) is 3.06. The Morgan fingerprint density at radius 2 is 1.95 bits per heavy atom. The zero-order chi connectivity index (χ0) is 15.4. The molecular formula is C17H19N5. The molecule has 0 aliphatic rings. The summed E-state index contributed by atoms with van der Waals surface area (Å²) >= 11 is 0. The van der Waals surface area contributed by atoms with E-state index < -0.39 is 0 Å². The van der Waals surface area contributed by atoms with Gasteiger partial charge in [0.2, 0.25) is 0 Å². The molecule has 2 heterocycles. The topological polar surface area (TPSA) is 46.8 Å². The molecule has 5 heteroatoms. The minimum atomic E-state index is 0.178. The number of hydrogen-bond acceptors (Lipinski definition) is 4. The van der Waals surface area contributed by atoms with Crippen LogP contribution in [0.4, 0.5) is 0 Å². The van der Waals surface area contributed by atoms with Crippen LogP contribution in [0.1, 0.15) is 24.2 Å². The van der Waals surface area contributed by atoms with Gasteiger partial charge in [-0.2, -0.15) is 0 Å². The van der Waals surface area contributed by atoms with Gasteiger partial charge in [-0.3, -0.25) is 9.88 Å². The maximum atomic E-state index is 4.31. The molecule has 1 aromatic carbocycles. The third kappa shape index (κ3) is 3.20. The van der Waals surface area contributed by atoms with Crippen LogP contribution in [0.5, 0.6) is 0 Å². The summed E-state index contributed by atoms with van der Waals surface area (Å²) in [5.41, 5.74) is 3.16. The Morgan fingerprint density at radius 1 is 1.14 bits per heavy atom. The first-order valence-corrected chi connectivity index (χ1v) is 7.31. The van der Waals surface area contributed by atoms with Gasteiger partial charge in [-0.25, -0.2) is 4.68 Å². The van der Waals surface area contributed by atoms with Gasteiger partial charge in [0.25, 0.3) is 0 Å². The lowest BCUT2D eigenvalue weighted by molar-refractivity contribution is 0.248. The van der Waals surface area contributed by atoms with Gasteiger partial charge in [-0.1, -0.05) is 29.5 Å². The number of rotatable bonds is 5. The molecular weight excluding hydrogens is 274 g/mol. The average molecular weight is 293 g/mol. The predicted octanol–water partition coefficient (Wildman–Crippen LogP) is 2.86. The van der Waals surface area contributed by atoms with Crippen LogP contribution in [-0.2, 0) is 6.54 Å². The third-order valence-corrected chi connectivity index (χ3v) is 3.78. The van der Waals surface area contributed by atoms with Gasteiger partial charge in [0.15, 0.2) is 0 Å². The van der Waals surface area contributed by atoms with Crippen LogP contribution in [0, 0.1) is 0 Å². The Hall–Kier alpha value is -2.53. The van der Waals surface area contributed by atoms with E-state index >= 15 is 0 Å². The van der Waals surface area contributed by atoms with Crippen molar-refractivity contribution < 1.29 is 0 Å². The molecule has 1 atom stereocenters. The van der Waals surface area contributed by atoms with Gasteiger partial charge in [-0.15, -0.1) is 5.10 Å². The fourth-order valence-corrected chi connectivity index (χ4v) is 2.32. The zero-order valence-electron chi connectivity index (χ0n) is 12.8. The summed E-state index contributed by atoms with van der Waals surface area (Å²) in [5.74, 6) is 0. The van der Waals surface area contributed by atoms with Gasteiger partial charge in [0, 0.05) is 18.9 Å². The Balaban J connectivity index is 1.72. The molecule has 112 valence electrons. The molecule has 0 spiro atoms. The molecule has 0 saturated carbocycles. The van der Waals surface area contributed by atoms with Crippen LogP contribution in [0.15, 0.2) is 61.1 Å². The number of para-hydroxylation sites is 1. The maximum Gasteiger partial charge on any atom is 0.1000 e. The monoisotopic (exact) mass is 293 g/mol. The second-order valence-corrected chi connectivity index (χ2v) is 5.38. The molecule has 0 bridgehead atoms. The molecule has 0 fully saturated rings. The summed E-state index contributed by atoms with van der Waals surface area (Å²) in [6.45, 7) is 2.96. The van der Waals surface area contributed by atoms with Crippen LogP contribution in [0.2, 0.25) is 0 Å². The first-order valence-electron chi connectivity index (χ1n) is 7.31. The molecule has 3 rings (SSSR count). The summed E-state index contributed by atoms with van der Waals surface area (Å²) < 4.78 is 1.81. The van der Waals surface area contributed by atoms with E-state index in [2.05, 4.69) is 40.2 Å². The fourth-order valence-electron chi connectivity index (χ4n) is 2.32. The normalized spacial score (nSPS) is 12.5. The van der Waals surface area contributed by atoms with Gasteiger partial charge in [0.05, 0.1) is 23.6 Å². The van der Waals surface area contributed by atoms with Crippen molar-refractivity contribution in [2.45, 2.75) is 19.5 Å². The first kappa shape index (κ1) is 14.4. The predicted molar refractivity (Wildman–Crippen MR) is 85.5 cm³/mol. The lowest BCUT2D eigenvalue weighted by atomic mass is 10.2. The molecule has 0 radical (unpaired) electrons. The zero-order valence-corrected chi connectivity index (χ0v) is 12.8. The number of aromatic nitrogens is 4. The molecule has 22 heavy (non-hydrogen) atoms. The molecule has 0 aliphatic heterocycles. The largest absolute Gasteiger partial charge is 0.294 e. The van der Waals surface area contributed by atoms with Crippen molar-refractivity contribution >= 4 is 0 Å². The standard InChI is InChI=1S/C17H19N5/c1-14(21(2)12-15-7-6-10-18-11-15)17-13-22(20-19-17)16-8-4-3-5-9-16/h3-11,13-14H,12H2,1-2H3. The van der Waals surface area contributed by atoms with Gasteiger partial charge in [-0.05, 0) is 37.7 Å². The fraction of sp³-hybridized carbons (Fsp3) is 0.235. The van der Waals surface area contributed by atoms with Crippen molar-refractivity contribution in [1.82, 2.24) is 24.9 Å². The van der Waals surface area contributed by atoms with E-state index in [9.17, 15) is 0 Å². The number of hydrogen-bond donors (Lipinski definition) is 0. The molecule has 0 saturated heterocycles. The molecule has 1 unspecified atom stereocenters. The van der Waals surface area contributed by atoms with E-state index in [1.165, 1.54) is 5.56 Å². The molecule has 0 aliphatic carbocycles. The van der Waals surface area contributed by atoms with E-state index in [4.69, 9.17) is 0 Å². The van der Waals surface area contributed by atoms with Crippen LogP contribution >= 0.6 is 0 Å². The highest BCUT2D eigenvalue weighted by Crippen LogP contribution is 2.19. The van der Waals surface area contributed by atoms with E-state index in [0.717, 1.165) is 17.9 Å². The van der Waals surface area contributed by atoms with Gasteiger partial charge >= 0.3 is 0 Å². The Labute approximate surface area is 130 Å². The molecule has 5 nitrogen and oxygen atoms in total. The van der Waals surface area contributed by atoms with Gasteiger partial charge in [0.1, 0.15) is 0 Å². The molecule has 0 amide bonds. The second kappa shape index (κ2) is 6.49.